The van der Waals surface area contributed by atoms with Gasteiger partial charge in [0.2, 0.25) is 5.91 Å². The van der Waals surface area contributed by atoms with E-state index in [0.717, 1.165) is 65.6 Å². The number of aromatic nitrogens is 1. The Kier molecular flexibility index (Phi) is 11.5. The summed E-state index contributed by atoms with van der Waals surface area (Å²) >= 11 is 3.65. The number of methoxy groups -OCH3 is 1. The number of anilines is 1. The van der Waals surface area contributed by atoms with Crippen molar-refractivity contribution in [3.63, 3.8) is 0 Å². The average Bonchev–Trinajstić information content (AvgIpc) is 3.38. The summed E-state index contributed by atoms with van der Waals surface area (Å²) in [6.07, 6.45) is 4.75. The van der Waals surface area contributed by atoms with Gasteiger partial charge >= 0.3 is 17.9 Å². The third kappa shape index (κ3) is 8.12. The average molecular weight is 648 g/mol. The Morgan fingerprint density at radius 2 is 1.74 bits per heavy atom. The van der Waals surface area contributed by atoms with Crippen molar-refractivity contribution in [1.29, 1.82) is 0 Å². The van der Waals surface area contributed by atoms with Crippen molar-refractivity contribution in [2.75, 3.05) is 37.1 Å². The van der Waals surface area contributed by atoms with Gasteiger partial charge in [-0.15, -0.1) is 23.1 Å². The first-order valence-electron chi connectivity index (χ1n) is 13.9. The van der Waals surface area contributed by atoms with Crippen LogP contribution in [-0.2, 0) is 48.0 Å². The molecule has 2 aromatic heterocycles. The molecule has 0 unspecified atom stereocenters. The standard InChI is InChI=1S/C29H33N3O8S3/c1-4-39-24(35)14-32-19-12-11-17(27(36)40-5-2)13-21(19)43-29(32)31-23(34)16-41-15-22(33)30-26-25(28(37)38-3)18-9-7-6-8-10-20(18)42-26/h11-13H,4-10,14-16H2,1-3H3,(H,30,33). The fourth-order valence-electron chi connectivity index (χ4n) is 4.67. The number of aryl methyl sites for hydroxylation is 1. The maximum Gasteiger partial charge on any atom is 0.341 e. The summed E-state index contributed by atoms with van der Waals surface area (Å²) in [7, 11) is 1.33. The Morgan fingerprint density at radius 1 is 0.977 bits per heavy atom. The highest BCUT2D eigenvalue weighted by Crippen LogP contribution is 2.38. The molecule has 14 heteroatoms. The highest BCUT2D eigenvalue weighted by Gasteiger charge is 2.26. The van der Waals surface area contributed by atoms with E-state index in [-0.39, 0.29) is 42.0 Å². The fraction of sp³-hybridized carbons (Fsp3) is 0.448. The van der Waals surface area contributed by atoms with Gasteiger partial charge in [-0.2, -0.15) is 4.99 Å². The van der Waals surface area contributed by atoms with Gasteiger partial charge in [0.25, 0.3) is 5.91 Å². The van der Waals surface area contributed by atoms with Crippen molar-refractivity contribution in [2.45, 2.75) is 52.5 Å². The Labute approximate surface area is 260 Å². The van der Waals surface area contributed by atoms with Crippen molar-refractivity contribution in [3.8, 4) is 0 Å². The molecule has 3 aromatic rings. The smallest absolute Gasteiger partial charge is 0.341 e. The minimum atomic E-state index is -0.495. The van der Waals surface area contributed by atoms with E-state index in [0.29, 0.717) is 26.3 Å². The number of rotatable bonds is 11. The first-order chi connectivity index (χ1) is 20.7. The number of esters is 3. The molecule has 2 heterocycles. The second kappa shape index (κ2) is 15.3. The highest BCUT2D eigenvalue weighted by atomic mass is 32.2. The molecule has 4 rings (SSSR count). The summed E-state index contributed by atoms with van der Waals surface area (Å²) in [4.78, 5) is 68.2. The molecule has 1 aromatic carbocycles. The normalized spacial score (nSPS) is 13.2. The highest BCUT2D eigenvalue weighted by molar-refractivity contribution is 8.00. The van der Waals surface area contributed by atoms with E-state index in [1.807, 2.05) is 0 Å². The number of ether oxygens (including phenoxy) is 3. The number of benzene rings is 1. The Bertz CT molecular complexity index is 1600. The molecule has 1 N–H and O–H groups in total. The van der Waals surface area contributed by atoms with Crippen molar-refractivity contribution in [1.82, 2.24) is 4.57 Å². The fourth-order valence-corrected chi connectivity index (χ4v) is 7.65. The predicted molar refractivity (Wildman–Crippen MR) is 166 cm³/mol. The van der Waals surface area contributed by atoms with Gasteiger partial charge < -0.3 is 24.1 Å². The van der Waals surface area contributed by atoms with E-state index in [4.69, 9.17) is 14.2 Å². The number of amides is 2. The number of nitrogens with zero attached hydrogens (tertiary/aromatic N) is 2. The van der Waals surface area contributed by atoms with Gasteiger partial charge in [-0.1, -0.05) is 17.8 Å². The molecule has 230 valence electrons. The second-order valence-electron chi connectivity index (χ2n) is 9.49. The van der Waals surface area contributed by atoms with Crippen molar-refractivity contribution < 1.29 is 38.2 Å². The monoisotopic (exact) mass is 647 g/mol. The number of nitrogens with one attached hydrogen (secondary N) is 1. The van der Waals surface area contributed by atoms with Crippen LogP contribution in [0.3, 0.4) is 0 Å². The molecule has 0 radical (unpaired) electrons. The van der Waals surface area contributed by atoms with E-state index in [1.165, 1.54) is 18.4 Å². The lowest BCUT2D eigenvalue weighted by Crippen LogP contribution is -2.23. The van der Waals surface area contributed by atoms with Crippen LogP contribution in [0.1, 0.15) is 64.3 Å². The first kappa shape index (κ1) is 32.4. The summed E-state index contributed by atoms with van der Waals surface area (Å²) in [5.41, 5.74) is 2.34. The van der Waals surface area contributed by atoms with Gasteiger partial charge in [0.15, 0.2) is 4.80 Å². The molecule has 0 saturated heterocycles. The zero-order valence-electron chi connectivity index (χ0n) is 24.2. The van der Waals surface area contributed by atoms with Gasteiger partial charge in [0.05, 0.1) is 53.2 Å². The van der Waals surface area contributed by atoms with E-state index in [9.17, 15) is 24.0 Å². The van der Waals surface area contributed by atoms with Crippen LogP contribution < -0.4 is 10.1 Å². The second-order valence-corrected chi connectivity index (χ2v) is 12.6. The summed E-state index contributed by atoms with van der Waals surface area (Å²) in [5.74, 6) is -2.38. The molecule has 0 aliphatic heterocycles. The number of carbonyl (C=O) groups excluding carboxylic acids is 5. The van der Waals surface area contributed by atoms with E-state index in [2.05, 4.69) is 10.3 Å². The lowest BCUT2D eigenvalue weighted by atomic mass is 10.1. The van der Waals surface area contributed by atoms with E-state index in [1.54, 1.807) is 36.6 Å². The number of hydrogen-bond donors (Lipinski definition) is 1. The van der Waals surface area contributed by atoms with Crippen molar-refractivity contribution in [2.24, 2.45) is 4.99 Å². The van der Waals surface area contributed by atoms with Crippen LogP contribution in [0.15, 0.2) is 23.2 Å². The van der Waals surface area contributed by atoms with E-state index >= 15 is 0 Å². The molecule has 1 aliphatic carbocycles. The maximum atomic E-state index is 12.8. The Morgan fingerprint density at radius 3 is 2.49 bits per heavy atom. The van der Waals surface area contributed by atoms with E-state index < -0.39 is 23.8 Å². The minimum absolute atomic E-state index is 0.0252. The number of fused-ring (bicyclic) bond motifs is 2. The quantitative estimate of drug-likeness (QED) is 0.183. The molecule has 1 aliphatic rings. The lowest BCUT2D eigenvalue weighted by Gasteiger charge is -2.07. The number of thiazole rings is 1. The Hall–Kier alpha value is -3.49. The van der Waals surface area contributed by atoms with Crippen LogP contribution >= 0.6 is 34.4 Å². The lowest BCUT2D eigenvalue weighted by molar-refractivity contribution is -0.143. The Balaban J connectivity index is 1.47. The molecule has 11 nitrogen and oxygen atoms in total. The molecule has 0 fully saturated rings. The maximum absolute atomic E-state index is 12.8. The molecular weight excluding hydrogens is 615 g/mol. The van der Waals surface area contributed by atoms with Gasteiger partial charge in [-0.3, -0.25) is 14.4 Å². The third-order valence-corrected chi connectivity index (χ3v) is 9.70. The first-order valence-corrected chi connectivity index (χ1v) is 16.7. The molecule has 0 spiro atoms. The largest absolute Gasteiger partial charge is 0.465 e. The van der Waals surface area contributed by atoms with Gasteiger partial charge in [0.1, 0.15) is 11.5 Å². The predicted octanol–water partition coefficient (Wildman–Crippen LogP) is 4.36. The van der Waals surface area contributed by atoms with Crippen LogP contribution in [0.25, 0.3) is 10.2 Å². The summed E-state index contributed by atoms with van der Waals surface area (Å²) in [6, 6.07) is 4.90. The molecule has 43 heavy (non-hydrogen) atoms. The van der Waals surface area contributed by atoms with Crippen LogP contribution in [0.2, 0.25) is 0 Å². The zero-order valence-corrected chi connectivity index (χ0v) is 26.6. The minimum Gasteiger partial charge on any atom is -0.465 e. The number of thioether (sulfide) groups is 1. The van der Waals surface area contributed by atoms with Crippen LogP contribution in [-0.4, -0.2) is 66.1 Å². The SMILES string of the molecule is CCOC(=O)Cn1c(=NC(=O)CSCC(=O)Nc2sc3c(c2C(=O)OC)CCCCC3)sc2cc(C(=O)OCC)ccc21. The molecule has 0 saturated carbocycles. The van der Waals surface area contributed by atoms with Gasteiger partial charge in [0, 0.05) is 4.88 Å². The summed E-state index contributed by atoms with van der Waals surface area (Å²) in [6.45, 7) is 3.69. The summed E-state index contributed by atoms with van der Waals surface area (Å²) < 4.78 is 17.4. The molecule has 0 atom stereocenters. The molecule has 2 amide bonds. The van der Waals surface area contributed by atoms with Crippen LogP contribution in [0.4, 0.5) is 5.00 Å². The summed E-state index contributed by atoms with van der Waals surface area (Å²) in [5, 5.41) is 3.31. The van der Waals surface area contributed by atoms with Crippen LogP contribution in [0.5, 0.6) is 0 Å². The van der Waals surface area contributed by atoms with Crippen molar-refractivity contribution >= 4 is 79.4 Å². The van der Waals surface area contributed by atoms with Crippen molar-refractivity contribution in [3.05, 3.63) is 44.6 Å². The number of carbonyl (C=O) groups is 5. The topological polar surface area (TPSA) is 142 Å². The molecular formula is C29H33N3O8S3. The number of hydrogen-bond acceptors (Lipinski definition) is 11. The van der Waals surface area contributed by atoms with Crippen LogP contribution in [0, 0.1) is 0 Å². The van der Waals surface area contributed by atoms with Gasteiger partial charge in [-0.05, 0) is 63.3 Å². The number of thiophene rings is 1. The van der Waals surface area contributed by atoms with Gasteiger partial charge in [-0.25, -0.2) is 9.59 Å². The third-order valence-electron chi connectivity index (χ3n) is 6.53. The molecule has 0 bridgehead atoms. The zero-order chi connectivity index (χ0) is 30.9.